The van der Waals surface area contributed by atoms with Gasteiger partial charge in [0.05, 0.1) is 6.54 Å². The second-order valence-corrected chi connectivity index (χ2v) is 3.64. The van der Waals surface area contributed by atoms with Gasteiger partial charge < -0.3 is 15.2 Å². The van der Waals surface area contributed by atoms with Gasteiger partial charge in [-0.3, -0.25) is 4.79 Å². The Labute approximate surface area is 90.7 Å². The van der Waals surface area contributed by atoms with Crippen LogP contribution >= 0.6 is 0 Å². The van der Waals surface area contributed by atoms with Gasteiger partial charge in [0.2, 0.25) is 5.91 Å². The van der Waals surface area contributed by atoms with Crippen LogP contribution in [0, 0.1) is 0 Å². The quantitative estimate of drug-likeness (QED) is 0.675. The number of aromatic nitrogens is 1. The molecular weight excluding hydrogens is 190 g/mol. The molecule has 4 heteroatoms. The summed E-state index contributed by atoms with van der Waals surface area (Å²) in [6.07, 6.45) is 5.02. The van der Waals surface area contributed by atoms with Gasteiger partial charge >= 0.3 is 0 Å². The maximum absolute atomic E-state index is 11.3. The largest absolute Gasteiger partial charge is 0.357 e. The maximum atomic E-state index is 11.3. The summed E-state index contributed by atoms with van der Waals surface area (Å²) in [5.74, 6) is 0.0484. The summed E-state index contributed by atoms with van der Waals surface area (Å²) in [7, 11) is 1.97. The van der Waals surface area contributed by atoms with E-state index >= 15 is 0 Å². The van der Waals surface area contributed by atoms with Gasteiger partial charge in [-0.15, -0.1) is 0 Å². The van der Waals surface area contributed by atoms with Crippen molar-refractivity contribution in [1.29, 1.82) is 0 Å². The molecule has 0 spiro atoms. The molecule has 0 aliphatic rings. The summed E-state index contributed by atoms with van der Waals surface area (Å²) in [5, 5.41) is 5.92. The predicted molar refractivity (Wildman–Crippen MR) is 60.4 cm³/mol. The predicted octanol–water partition coefficient (Wildman–Crippen LogP) is 0.641. The Bertz CT molecular complexity index is 307. The molecule has 1 rings (SSSR count). The highest BCUT2D eigenvalue weighted by Crippen LogP contribution is 1.97. The van der Waals surface area contributed by atoms with Crippen LogP contribution in [0.4, 0.5) is 0 Å². The van der Waals surface area contributed by atoms with E-state index in [9.17, 15) is 4.79 Å². The smallest absolute Gasteiger partial charge is 0.234 e. The second kappa shape index (κ2) is 6.24. The average Bonchev–Trinajstić information content (AvgIpc) is 2.62. The zero-order valence-corrected chi connectivity index (χ0v) is 9.42. The minimum atomic E-state index is 0.0484. The zero-order chi connectivity index (χ0) is 11.1. The molecule has 0 fully saturated rings. The molecule has 0 bridgehead atoms. The molecule has 0 aromatic carbocycles. The standard InChI is InChI=1S/C11H19N3O/c1-3-5-12-8-11(15)13-7-10-4-6-14(2)9-10/h4,6,9,12H,3,5,7-8H2,1-2H3,(H,13,15). The van der Waals surface area contributed by atoms with Crippen LogP contribution < -0.4 is 10.6 Å². The summed E-state index contributed by atoms with van der Waals surface area (Å²) in [5.41, 5.74) is 1.13. The van der Waals surface area contributed by atoms with Crippen molar-refractivity contribution < 1.29 is 4.79 Å². The van der Waals surface area contributed by atoms with Crippen LogP contribution in [-0.4, -0.2) is 23.6 Å². The Hall–Kier alpha value is -1.29. The maximum Gasteiger partial charge on any atom is 0.234 e. The normalized spacial score (nSPS) is 10.3. The number of hydrogen-bond acceptors (Lipinski definition) is 2. The van der Waals surface area contributed by atoms with Gasteiger partial charge in [0.1, 0.15) is 0 Å². The Morgan fingerprint density at radius 3 is 2.93 bits per heavy atom. The van der Waals surface area contributed by atoms with Gasteiger partial charge in [-0.25, -0.2) is 0 Å². The molecule has 1 heterocycles. The molecule has 0 atom stereocenters. The van der Waals surface area contributed by atoms with Crippen LogP contribution in [0.3, 0.4) is 0 Å². The molecule has 1 aromatic rings. The van der Waals surface area contributed by atoms with Crippen LogP contribution in [0.2, 0.25) is 0 Å². The molecule has 0 saturated heterocycles. The first kappa shape index (κ1) is 11.8. The molecule has 84 valence electrons. The molecular formula is C11H19N3O. The van der Waals surface area contributed by atoms with Gasteiger partial charge in [0.15, 0.2) is 0 Å². The number of nitrogens with zero attached hydrogens (tertiary/aromatic N) is 1. The lowest BCUT2D eigenvalue weighted by Crippen LogP contribution is -2.33. The summed E-state index contributed by atoms with van der Waals surface area (Å²) in [4.78, 5) is 11.3. The van der Waals surface area contributed by atoms with Crippen molar-refractivity contribution in [1.82, 2.24) is 15.2 Å². The summed E-state index contributed by atoms with van der Waals surface area (Å²) in [6, 6.07) is 2.00. The topological polar surface area (TPSA) is 46.1 Å². The van der Waals surface area contributed by atoms with Crippen molar-refractivity contribution in [3.05, 3.63) is 24.0 Å². The Balaban J connectivity index is 2.16. The van der Waals surface area contributed by atoms with E-state index in [0.717, 1.165) is 18.5 Å². The van der Waals surface area contributed by atoms with E-state index in [0.29, 0.717) is 13.1 Å². The molecule has 0 aliphatic heterocycles. The van der Waals surface area contributed by atoms with Crippen molar-refractivity contribution in [3.8, 4) is 0 Å². The lowest BCUT2D eigenvalue weighted by atomic mass is 10.3. The second-order valence-electron chi connectivity index (χ2n) is 3.64. The number of carbonyl (C=O) groups excluding carboxylic acids is 1. The fourth-order valence-electron chi connectivity index (χ4n) is 1.31. The first-order valence-corrected chi connectivity index (χ1v) is 5.30. The average molecular weight is 209 g/mol. The van der Waals surface area contributed by atoms with E-state index in [1.807, 2.05) is 30.1 Å². The van der Waals surface area contributed by atoms with E-state index in [1.54, 1.807) is 0 Å². The van der Waals surface area contributed by atoms with Crippen molar-refractivity contribution in [2.45, 2.75) is 19.9 Å². The number of hydrogen-bond donors (Lipinski definition) is 2. The lowest BCUT2D eigenvalue weighted by molar-refractivity contribution is -0.120. The Morgan fingerprint density at radius 1 is 1.53 bits per heavy atom. The fourth-order valence-corrected chi connectivity index (χ4v) is 1.31. The van der Waals surface area contributed by atoms with E-state index < -0.39 is 0 Å². The number of aryl methyl sites for hydroxylation is 1. The molecule has 2 N–H and O–H groups in total. The van der Waals surface area contributed by atoms with Crippen LogP contribution in [0.1, 0.15) is 18.9 Å². The number of nitrogens with one attached hydrogen (secondary N) is 2. The van der Waals surface area contributed by atoms with E-state index in [2.05, 4.69) is 17.6 Å². The third-order valence-electron chi connectivity index (χ3n) is 2.10. The van der Waals surface area contributed by atoms with E-state index in [1.165, 1.54) is 0 Å². The molecule has 15 heavy (non-hydrogen) atoms. The molecule has 0 radical (unpaired) electrons. The van der Waals surface area contributed by atoms with Gasteiger partial charge in [-0.1, -0.05) is 6.92 Å². The van der Waals surface area contributed by atoms with Gasteiger partial charge in [-0.2, -0.15) is 0 Å². The molecule has 1 amide bonds. The van der Waals surface area contributed by atoms with Crippen molar-refractivity contribution in [3.63, 3.8) is 0 Å². The van der Waals surface area contributed by atoms with Crippen LogP contribution in [0.5, 0.6) is 0 Å². The SMILES string of the molecule is CCCNCC(=O)NCc1ccn(C)c1. The van der Waals surface area contributed by atoms with Crippen molar-refractivity contribution in [2.24, 2.45) is 7.05 Å². The van der Waals surface area contributed by atoms with Gasteiger partial charge in [0.25, 0.3) is 0 Å². The molecule has 0 aliphatic carbocycles. The first-order valence-electron chi connectivity index (χ1n) is 5.30. The Kier molecular flexibility index (Phi) is 4.90. The van der Waals surface area contributed by atoms with Crippen LogP contribution in [0.15, 0.2) is 18.5 Å². The minimum absolute atomic E-state index is 0.0484. The number of amides is 1. The number of rotatable bonds is 6. The molecule has 0 saturated carbocycles. The third kappa shape index (κ3) is 4.65. The Morgan fingerprint density at radius 2 is 2.33 bits per heavy atom. The third-order valence-corrected chi connectivity index (χ3v) is 2.10. The van der Waals surface area contributed by atoms with Crippen molar-refractivity contribution in [2.75, 3.05) is 13.1 Å². The molecule has 4 nitrogen and oxygen atoms in total. The van der Waals surface area contributed by atoms with Crippen molar-refractivity contribution >= 4 is 5.91 Å². The summed E-state index contributed by atoms with van der Waals surface area (Å²) >= 11 is 0. The van der Waals surface area contributed by atoms with Crippen LogP contribution in [0.25, 0.3) is 0 Å². The highest BCUT2D eigenvalue weighted by Gasteiger charge is 2.00. The lowest BCUT2D eigenvalue weighted by Gasteiger charge is -2.04. The van der Waals surface area contributed by atoms with Gasteiger partial charge in [0, 0.05) is 26.0 Å². The summed E-state index contributed by atoms with van der Waals surface area (Å²) < 4.78 is 1.97. The highest BCUT2D eigenvalue weighted by molar-refractivity contribution is 5.77. The zero-order valence-electron chi connectivity index (χ0n) is 9.42. The van der Waals surface area contributed by atoms with Gasteiger partial charge in [-0.05, 0) is 24.6 Å². The number of carbonyl (C=O) groups is 1. The molecule has 0 unspecified atom stereocenters. The fraction of sp³-hybridized carbons (Fsp3) is 0.545. The molecule has 1 aromatic heterocycles. The minimum Gasteiger partial charge on any atom is -0.357 e. The van der Waals surface area contributed by atoms with E-state index in [4.69, 9.17) is 0 Å². The highest BCUT2D eigenvalue weighted by atomic mass is 16.1. The van der Waals surface area contributed by atoms with E-state index in [-0.39, 0.29) is 5.91 Å². The monoisotopic (exact) mass is 209 g/mol. The summed E-state index contributed by atoms with van der Waals surface area (Å²) in [6.45, 7) is 3.97. The first-order chi connectivity index (χ1) is 7.22. The van der Waals surface area contributed by atoms with Crippen LogP contribution in [-0.2, 0) is 18.4 Å².